The number of pyridine rings is 1. The van der Waals surface area contributed by atoms with Gasteiger partial charge >= 0.3 is 6.01 Å². The molecular weight excluding hydrogens is 328 g/mol. The molecule has 0 aromatic carbocycles. The Kier molecular flexibility index (Phi) is 4.82. The minimum absolute atomic E-state index is 0.0229. The fraction of sp³-hybridized carbons (Fsp3) is 0.500. The monoisotopic (exact) mass is 352 g/mol. The van der Waals surface area contributed by atoms with E-state index in [-0.39, 0.29) is 5.56 Å². The van der Waals surface area contributed by atoms with Crippen molar-refractivity contribution in [2.75, 3.05) is 0 Å². The SMILES string of the molecule is CCCn1c(Oc2cccnc2)nc2c(c1=O)CC(C1CCCCC1)=N2. The summed E-state index contributed by atoms with van der Waals surface area (Å²) in [6.07, 6.45) is 10.9. The molecule has 0 N–H and O–H groups in total. The second-order valence-electron chi connectivity index (χ2n) is 7.06. The van der Waals surface area contributed by atoms with Crippen LogP contribution in [-0.4, -0.2) is 20.2 Å². The second kappa shape index (κ2) is 7.40. The molecule has 0 radical (unpaired) electrons. The molecule has 0 bridgehead atoms. The van der Waals surface area contributed by atoms with Gasteiger partial charge in [-0.05, 0) is 37.3 Å². The third kappa shape index (κ3) is 3.28. The van der Waals surface area contributed by atoms with Crippen LogP contribution in [0, 0.1) is 5.92 Å². The quantitative estimate of drug-likeness (QED) is 0.814. The molecule has 136 valence electrons. The smallest absolute Gasteiger partial charge is 0.306 e. The number of rotatable bonds is 5. The lowest BCUT2D eigenvalue weighted by Crippen LogP contribution is -2.27. The minimum atomic E-state index is -0.0229. The van der Waals surface area contributed by atoms with E-state index >= 15 is 0 Å². The lowest BCUT2D eigenvalue weighted by molar-refractivity contribution is 0.393. The highest BCUT2D eigenvalue weighted by Crippen LogP contribution is 2.33. The van der Waals surface area contributed by atoms with E-state index in [1.54, 1.807) is 29.1 Å². The molecule has 1 fully saturated rings. The molecule has 0 spiro atoms. The average Bonchev–Trinajstić information content (AvgIpc) is 3.11. The van der Waals surface area contributed by atoms with Crippen LogP contribution in [0.15, 0.2) is 34.3 Å². The summed E-state index contributed by atoms with van der Waals surface area (Å²) in [6, 6.07) is 3.90. The van der Waals surface area contributed by atoms with Crippen LogP contribution in [0.2, 0.25) is 0 Å². The third-order valence-corrected chi connectivity index (χ3v) is 5.18. The van der Waals surface area contributed by atoms with E-state index in [1.807, 2.05) is 6.92 Å². The highest BCUT2D eigenvalue weighted by Gasteiger charge is 2.29. The van der Waals surface area contributed by atoms with Crippen molar-refractivity contribution in [3.63, 3.8) is 0 Å². The van der Waals surface area contributed by atoms with Crippen molar-refractivity contribution >= 4 is 11.5 Å². The van der Waals surface area contributed by atoms with Crippen LogP contribution in [0.25, 0.3) is 0 Å². The fourth-order valence-electron chi connectivity index (χ4n) is 3.85. The Balaban J connectivity index is 1.69. The molecule has 2 aromatic rings. The Morgan fingerprint density at radius 1 is 1.27 bits per heavy atom. The van der Waals surface area contributed by atoms with Crippen LogP contribution in [0.4, 0.5) is 5.82 Å². The Labute approximate surface area is 153 Å². The van der Waals surface area contributed by atoms with Crippen LogP contribution in [0.3, 0.4) is 0 Å². The van der Waals surface area contributed by atoms with Gasteiger partial charge in [-0.2, -0.15) is 4.98 Å². The zero-order chi connectivity index (χ0) is 17.9. The first-order valence-electron chi connectivity index (χ1n) is 9.55. The van der Waals surface area contributed by atoms with Gasteiger partial charge in [0.15, 0.2) is 5.82 Å². The first-order valence-corrected chi connectivity index (χ1v) is 9.55. The zero-order valence-electron chi connectivity index (χ0n) is 15.1. The first kappa shape index (κ1) is 16.9. The van der Waals surface area contributed by atoms with Crippen LogP contribution in [0.1, 0.15) is 51.0 Å². The van der Waals surface area contributed by atoms with Gasteiger partial charge in [0.05, 0.1) is 11.8 Å². The van der Waals surface area contributed by atoms with Gasteiger partial charge in [-0.3, -0.25) is 14.3 Å². The van der Waals surface area contributed by atoms with Crippen molar-refractivity contribution in [3.8, 4) is 11.8 Å². The van der Waals surface area contributed by atoms with Crippen LogP contribution in [-0.2, 0) is 13.0 Å². The number of fused-ring (bicyclic) bond motifs is 1. The van der Waals surface area contributed by atoms with Gasteiger partial charge in [-0.1, -0.05) is 26.2 Å². The molecule has 0 saturated heterocycles. The van der Waals surface area contributed by atoms with Crippen molar-refractivity contribution in [1.29, 1.82) is 0 Å². The molecule has 0 amide bonds. The second-order valence-corrected chi connectivity index (χ2v) is 7.06. The summed E-state index contributed by atoms with van der Waals surface area (Å²) in [7, 11) is 0. The summed E-state index contributed by atoms with van der Waals surface area (Å²) in [6.45, 7) is 2.62. The largest absolute Gasteiger partial charge is 0.424 e. The molecule has 26 heavy (non-hydrogen) atoms. The normalized spacial score (nSPS) is 17.0. The summed E-state index contributed by atoms with van der Waals surface area (Å²) in [5, 5.41) is 0. The standard InChI is InChI=1S/C20H24N4O2/c1-2-11-24-19(25)16-12-17(14-7-4-3-5-8-14)22-18(16)23-20(24)26-15-9-6-10-21-13-15/h6,9-10,13-14H,2-5,7-8,11-12H2,1H3. The molecule has 4 rings (SSSR count). The maximum absolute atomic E-state index is 13.0. The molecule has 0 unspecified atom stereocenters. The van der Waals surface area contributed by atoms with Gasteiger partial charge in [0.1, 0.15) is 5.75 Å². The van der Waals surface area contributed by atoms with E-state index in [4.69, 9.17) is 9.73 Å². The Morgan fingerprint density at radius 3 is 2.85 bits per heavy atom. The van der Waals surface area contributed by atoms with Gasteiger partial charge in [0.25, 0.3) is 5.56 Å². The van der Waals surface area contributed by atoms with Crippen molar-refractivity contribution in [2.24, 2.45) is 10.9 Å². The first-order chi connectivity index (χ1) is 12.8. The summed E-state index contributed by atoms with van der Waals surface area (Å²) >= 11 is 0. The number of aliphatic imine (C=N–C) groups is 1. The highest BCUT2D eigenvalue weighted by atomic mass is 16.5. The van der Waals surface area contributed by atoms with Crippen LogP contribution < -0.4 is 10.3 Å². The van der Waals surface area contributed by atoms with E-state index in [0.717, 1.165) is 17.7 Å². The van der Waals surface area contributed by atoms with Crippen LogP contribution in [0.5, 0.6) is 11.8 Å². The Hall–Kier alpha value is -2.50. The van der Waals surface area contributed by atoms with Gasteiger partial charge < -0.3 is 4.74 Å². The molecule has 3 heterocycles. The number of nitrogens with zero attached hydrogens (tertiary/aromatic N) is 4. The summed E-state index contributed by atoms with van der Waals surface area (Å²) in [4.78, 5) is 26.4. The number of hydrogen-bond acceptors (Lipinski definition) is 5. The summed E-state index contributed by atoms with van der Waals surface area (Å²) < 4.78 is 7.50. The molecule has 2 aliphatic rings. The molecule has 0 atom stereocenters. The minimum Gasteiger partial charge on any atom is -0.424 e. The predicted molar refractivity (Wildman–Crippen MR) is 100 cm³/mol. The Bertz CT molecular complexity index is 867. The lowest BCUT2D eigenvalue weighted by atomic mass is 9.84. The van der Waals surface area contributed by atoms with E-state index < -0.39 is 0 Å². The molecule has 2 aromatic heterocycles. The van der Waals surface area contributed by atoms with E-state index in [1.165, 1.54) is 32.1 Å². The molecule has 6 nitrogen and oxygen atoms in total. The van der Waals surface area contributed by atoms with Crippen molar-refractivity contribution in [3.05, 3.63) is 40.4 Å². The van der Waals surface area contributed by atoms with Gasteiger partial charge in [0, 0.05) is 24.9 Å². The van der Waals surface area contributed by atoms with Gasteiger partial charge in [0.2, 0.25) is 0 Å². The van der Waals surface area contributed by atoms with Crippen LogP contribution >= 0.6 is 0 Å². The van der Waals surface area contributed by atoms with E-state index in [2.05, 4.69) is 9.97 Å². The number of ether oxygens (including phenoxy) is 1. The Morgan fingerprint density at radius 2 is 2.12 bits per heavy atom. The van der Waals surface area contributed by atoms with Gasteiger partial charge in [-0.15, -0.1) is 0 Å². The van der Waals surface area contributed by atoms with E-state index in [0.29, 0.717) is 36.5 Å². The fourth-order valence-corrected chi connectivity index (χ4v) is 3.85. The zero-order valence-corrected chi connectivity index (χ0v) is 15.1. The highest BCUT2D eigenvalue weighted by molar-refractivity contribution is 5.94. The summed E-state index contributed by atoms with van der Waals surface area (Å²) in [5.41, 5.74) is 1.83. The number of hydrogen-bond donors (Lipinski definition) is 0. The van der Waals surface area contributed by atoms with Crippen molar-refractivity contribution in [2.45, 2.75) is 58.4 Å². The van der Waals surface area contributed by atoms with Gasteiger partial charge in [-0.25, -0.2) is 4.99 Å². The van der Waals surface area contributed by atoms with Crippen molar-refractivity contribution in [1.82, 2.24) is 14.5 Å². The molecule has 6 heteroatoms. The number of aromatic nitrogens is 3. The lowest BCUT2D eigenvalue weighted by Gasteiger charge is -2.21. The third-order valence-electron chi connectivity index (χ3n) is 5.18. The molecule has 1 saturated carbocycles. The molecular formula is C20H24N4O2. The topological polar surface area (TPSA) is 69.4 Å². The summed E-state index contributed by atoms with van der Waals surface area (Å²) in [5.74, 6) is 1.61. The van der Waals surface area contributed by atoms with E-state index in [9.17, 15) is 4.79 Å². The predicted octanol–water partition coefficient (Wildman–Crippen LogP) is 4.05. The average molecular weight is 352 g/mol. The van der Waals surface area contributed by atoms with Crippen molar-refractivity contribution < 1.29 is 4.74 Å². The maximum atomic E-state index is 13.0. The molecule has 1 aliphatic heterocycles. The molecule has 1 aliphatic carbocycles. The maximum Gasteiger partial charge on any atom is 0.306 e.